The van der Waals surface area contributed by atoms with Crippen molar-refractivity contribution in [2.24, 2.45) is 0 Å². The summed E-state index contributed by atoms with van der Waals surface area (Å²) < 4.78 is 0. The first kappa shape index (κ1) is 41.6. The Hall–Kier alpha value is -5.38. The fourth-order valence-electron chi connectivity index (χ4n) is 3.17. The van der Waals surface area contributed by atoms with Gasteiger partial charge in [-0.15, -0.1) is 0 Å². The van der Waals surface area contributed by atoms with Crippen LogP contribution in [0.15, 0.2) is 80.2 Å². The predicted molar refractivity (Wildman–Crippen MR) is 198 cm³/mol. The maximum Gasteiger partial charge on any atom is 0.115 e. The highest BCUT2D eigenvalue weighted by Gasteiger charge is 1.95. The van der Waals surface area contributed by atoms with E-state index in [9.17, 15) is 0 Å². The quantitative estimate of drug-likeness (QED) is 0.158. The molecular weight excluding hydrogens is 608 g/mol. The standard InChI is InChI=1S/C7H10N2.2C7H9N.3C6H8N2/c1-5-4-8-9-7(3)6(5)2;1-6-3-4-8-5-7(6)2;1-6-4-3-5-8-7(6)2;1-5-3-7-4-8-6(5)2;1-5-6(2)8-4-3-7-5;1-5-3-4-7-8-6(5)2/h4H,1-3H3;2*3-5H,1-2H3;3*3-4H,1-2H3. The van der Waals surface area contributed by atoms with Gasteiger partial charge in [0.1, 0.15) is 6.33 Å². The molecule has 0 amide bonds. The lowest BCUT2D eigenvalue weighted by Gasteiger charge is -1.98. The Labute approximate surface area is 293 Å². The van der Waals surface area contributed by atoms with Crippen LogP contribution in [0.3, 0.4) is 0 Å². The SMILES string of the molecule is Cc1cccnc1C.Cc1ccncc1C.Cc1ccnnc1C.Cc1cncnc1C.Cc1cnnc(C)c1C.Cc1nccnc1C. The van der Waals surface area contributed by atoms with E-state index < -0.39 is 0 Å². The second kappa shape index (κ2) is 23.0. The average molecular weight is 661 g/mol. The van der Waals surface area contributed by atoms with Gasteiger partial charge in [-0.2, -0.15) is 20.4 Å². The molecule has 0 bridgehead atoms. The van der Waals surface area contributed by atoms with Crippen molar-refractivity contribution in [3.8, 4) is 0 Å². The first-order chi connectivity index (χ1) is 23.2. The third-order valence-electron chi connectivity index (χ3n) is 7.62. The third-order valence-corrected chi connectivity index (χ3v) is 7.62. The van der Waals surface area contributed by atoms with Gasteiger partial charge in [-0.3, -0.25) is 19.9 Å². The number of rotatable bonds is 0. The molecule has 0 aliphatic heterocycles. The van der Waals surface area contributed by atoms with E-state index in [0.29, 0.717) is 0 Å². The number of aryl methyl sites for hydroxylation is 12. The van der Waals surface area contributed by atoms with Crippen molar-refractivity contribution in [1.29, 1.82) is 0 Å². The zero-order valence-electron chi connectivity index (χ0n) is 31.5. The number of aromatic nitrogens is 10. The molecule has 10 nitrogen and oxygen atoms in total. The van der Waals surface area contributed by atoms with Gasteiger partial charge in [-0.25, -0.2) is 9.97 Å². The molecule has 0 fully saturated rings. The molecule has 0 N–H and O–H groups in total. The van der Waals surface area contributed by atoms with E-state index in [1.165, 1.54) is 33.4 Å². The van der Waals surface area contributed by atoms with Crippen LogP contribution >= 0.6 is 0 Å². The summed E-state index contributed by atoms with van der Waals surface area (Å²) in [6.07, 6.45) is 15.7. The molecule has 258 valence electrons. The lowest BCUT2D eigenvalue weighted by Crippen LogP contribution is -1.92. The lowest BCUT2D eigenvalue weighted by atomic mass is 10.2. The Morgan fingerprint density at radius 2 is 0.898 bits per heavy atom. The van der Waals surface area contributed by atoms with Gasteiger partial charge in [0, 0.05) is 54.8 Å². The van der Waals surface area contributed by atoms with E-state index in [2.05, 4.69) is 84.1 Å². The van der Waals surface area contributed by atoms with Crippen molar-refractivity contribution >= 4 is 0 Å². The maximum atomic E-state index is 4.08. The van der Waals surface area contributed by atoms with Crippen LogP contribution in [0.25, 0.3) is 0 Å². The summed E-state index contributed by atoms with van der Waals surface area (Å²) in [5, 5.41) is 15.2. The number of nitrogens with zero attached hydrogens (tertiary/aromatic N) is 10. The van der Waals surface area contributed by atoms with Gasteiger partial charge in [0.15, 0.2) is 0 Å². The topological polar surface area (TPSA) is 129 Å². The maximum absolute atomic E-state index is 4.08. The first-order valence-corrected chi connectivity index (χ1v) is 16.0. The van der Waals surface area contributed by atoms with Crippen LogP contribution in [-0.4, -0.2) is 50.3 Å². The van der Waals surface area contributed by atoms with E-state index in [0.717, 1.165) is 39.7 Å². The zero-order chi connectivity index (χ0) is 36.8. The summed E-state index contributed by atoms with van der Waals surface area (Å²) in [5.41, 5.74) is 14.8. The molecule has 6 rings (SSSR count). The summed E-state index contributed by atoms with van der Waals surface area (Å²) in [5.74, 6) is 0. The summed E-state index contributed by atoms with van der Waals surface area (Å²) >= 11 is 0. The third kappa shape index (κ3) is 17.4. The Balaban J connectivity index is 0.000000294. The van der Waals surface area contributed by atoms with E-state index in [4.69, 9.17) is 0 Å². The highest BCUT2D eigenvalue weighted by Crippen LogP contribution is 2.05. The van der Waals surface area contributed by atoms with Gasteiger partial charge in [0.05, 0.1) is 29.0 Å². The van der Waals surface area contributed by atoms with Gasteiger partial charge in [-0.1, -0.05) is 6.07 Å². The van der Waals surface area contributed by atoms with Crippen molar-refractivity contribution in [1.82, 2.24) is 50.3 Å². The lowest BCUT2D eigenvalue weighted by molar-refractivity contribution is 0.944. The van der Waals surface area contributed by atoms with Crippen LogP contribution in [-0.2, 0) is 0 Å². The molecule has 0 aliphatic rings. The number of hydrogen-bond donors (Lipinski definition) is 0. The normalized spacial score (nSPS) is 9.33. The minimum atomic E-state index is 1.01. The molecule has 6 aromatic rings. The van der Waals surface area contributed by atoms with Crippen molar-refractivity contribution in [3.63, 3.8) is 0 Å². The Morgan fingerprint density at radius 1 is 0.347 bits per heavy atom. The summed E-state index contributed by atoms with van der Waals surface area (Å²) in [6.45, 7) is 26.1. The molecule has 0 aliphatic carbocycles. The highest BCUT2D eigenvalue weighted by atomic mass is 15.1. The van der Waals surface area contributed by atoms with E-state index in [1.54, 1.807) is 31.1 Å². The summed E-state index contributed by atoms with van der Waals surface area (Å²) in [6, 6.07) is 7.96. The molecule has 0 unspecified atom stereocenters. The minimum absolute atomic E-state index is 1.01. The van der Waals surface area contributed by atoms with Gasteiger partial charge >= 0.3 is 0 Å². The molecule has 6 aromatic heterocycles. The van der Waals surface area contributed by atoms with Gasteiger partial charge in [-0.05, 0) is 147 Å². The van der Waals surface area contributed by atoms with Gasteiger partial charge < -0.3 is 0 Å². The van der Waals surface area contributed by atoms with Crippen LogP contribution in [0.4, 0.5) is 0 Å². The molecule has 0 spiro atoms. The minimum Gasteiger partial charge on any atom is -0.264 e. The monoisotopic (exact) mass is 660 g/mol. The van der Waals surface area contributed by atoms with Gasteiger partial charge in [0.2, 0.25) is 0 Å². The molecule has 0 radical (unpaired) electrons. The molecule has 0 saturated carbocycles. The molecule has 0 saturated heterocycles. The Morgan fingerprint density at radius 3 is 1.27 bits per heavy atom. The highest BCUT2D eigenvalue weighted by molar-refractivity contribution is 5.23. The summed E-state index contributed by atoms with van der Waals surface area (Å²) in [7, 11) is 0. The molecule has 10 heteroatoms. The van der Waals surface area contributed by atoms with Crippen molar-refractivity contribution in [3.05, 3.63) is 153 Å². The predicted octanol–water partition coefficient (Wildman–Crippen LogP) is 8.08. The fraction of sp³-hybridized carbons (Fsp3) is 0.333. The molecule has 0 aromatic carbocycles. The Bertz CT molecular complexity index is 1440. The Kier molecular flexibility index (Phi) is 19.6. The van der Waals surface area contributed by atoms with Crippen molar-refractivity contribution < 1.29 is 0 Å². The van der Waals surface area contributed by atoms with E-state index in [1.807, 2.05) is 105 Å². The molecule has 0 atom stereocenters. The summed E-state index contributed by atoms with van der Waals surface area (Å²) in [4.78, 5) is 23.9. The van der Waals surface area contributed by atoms with E-state index >= 15 is 0 Å². The van der Waals surface area contributed by atoms with Crippen LogP contribution in [0.1, 0.15) is 73.1 Å². The fourth-order valence-corrected chi connectivity index (χ4v) is 3.17. The second-order valence-electron chi connectivity index (χ2n) is 11.4. The number of hydrogen-bond acceptors (Lipinski definition) is 10. The second-order valence-corrected chi connectivity index (χ2v) is 11.4. The van der Waals surface area contributed by atoms with Crippen LogP contribution in [0.2, 0.25) is 0 Å². The number of pyridine rings is 2. The van der Waals surface area contributed by atoms with Crippen molar-refractivity contribution in [2.75, 3.05) is 0 Å². The van der Waals surface area contributed by atoms with Crippen LogP contribution < -0.4 is 0 Å². The average Bonchev–Trinajstić information content (AvgIpc) is 3.08. The van der Waals surface area contributed by atoms with Crippen LogP contribution in [0.5, 0.6) is 0 Å². The van der Waals surface area contributed by atoms with Crippen LogP contribution in [0, 0.1) is 90.0 Å². The van der Waals surface area contributed by atoms with Crippen molar-refractivity contribution in [2.45, 2.75) is 90.0 Å². The molecule has 49 heavy (non-hydrogen) atoms. The molecule has 6 heterocycles. The smallest absolute Gasteiger partial charge is 0.115 e. The zero-order valence-corrected chi connectivity index (χ0v) is 31.5. The molecular formula is C39H52N10. The van der Waals surface area contributed by atoms with E-state index in [-0.39, 0.29) is 0 Å². The first-order valence-electron chi connectivity index (χ1n) is 16.0. The van der Waals surface area contributed by atoms with Gasteiger partial charge in [0.25, 0.3) is 0 Å². The largest absolute Gasteiger partial charge is 0.264 e.